The molecule has 0 heterocycles. The van der Waals surface area contributed by atoms with E-state index >= 15 is 0 Å². The molecule has 0 bridgehead atoms. The molecular formula is C13H15FINO. The number of hydrogen-bond acceptors (Lipinski definition) is 1. The van der Waals surface area contributed by atoms with Crippen molar-refractivity contribution in [1.82, 2.24) is 5.32 Å². The Kier molecular flexibility index (Phi) is 4.36. The minimum absolute atomic E-state index is 0.155. The third-order valence-corrected chi connectivity index (χ3v) is 3.78. The number of nitrogens with one attached hydrogen (secondary N) is 1. The van der Waals surface area contributed by atoms with Gasteiger partial charge in [0.2, 0.25) is 0 Å². The van der Waals surface area contributed by atoms with E-state index in [4.69, 9.17) is 0 Å². The van der Waals surface area contributed by atoms with Crippen LogP contribution in [0.4, 0.5) is 4.39 Å². The molecule has 1 saturated carbocycles. The topological polar surface area (TPSA) is 29.1 Å². The fraction of sp³-hybridized carbons (Fsp3) is 0.462. The molecular weight excluding hydrogens is 332 g/mol. The van der Waals surface area contributed by atoms with Crippen LogP contribution in [0.25, 0.3) is 0 Å². The van der Waals surface area contributed by atoms with Crippen LogP contribution >= 0.6 is 22.6 Å². The normalized spacial score (nSPS) is 16.8. The van der Waals surface area contributed by atoms with E-state index in [2.05, 4.69) is 27.9 Å². The van der Waals surface area contributed by atoms with E-state index in [1.54, 1.807) is 12.1 Å². The first-order valence-corrected chi connectivity index (χ1v) is 7.00. The van der Waals surface area contributed by atoms with Crippen molar-refractivity contribution >= 4 is 28.5 Å². The minimum Gasteiger partial charge on any atom is -0.349 e. The van der Waals surface area contributed by atoms with Gasteiger partial charge in [0.25, 0.3) is 5.91 Å². The van der Waals surface area contributed by atoms with Crippen LogP contribution in [0.15, 0.2) is 18.2 Å². The molecule has 0 spiro atoms. The van der Waals surface area contributed by atoms with Gasteiger partial charge in [0.05, 0.1) is 5.56 Å². The molecule has 4 heteroatoms. The maximum absolute atomic E-state index is 13.5. The molecule has 1 aliphatic rings. The lowest BCUT2D eigenvalue weighted by molar-refractivity contribution is 0.0923. The van der Waals surface area contributed by atoms with E-state index < -0.39 is 5.82 Å². The zero-order valence-electron chi connectivity index (χ0n) is 9.51. The minimum atomic E-state index is -0.446. The van der Waals surface area contributed by atoms with Gasteiger partial charge in [-0.1, -0.05) is 19.3 Å². The number of hydrogen-bond donors (Lipinski definition) is 1. The summed E-state index contributed by atoms with van der Waals surface area (Å²) in [5.41, 5.74) is 0.155. The Morgan fingerprint density at radius 1 is 1.29 bits per heavy atom. The van der Waals surface area contributed by atoms with Gasteiger partial charge < -0.3 is 5.32 Å². The molecule has 0 aromatic heterocycles. The van der Waals surface area contributed by atoms with Gasteiger partial charge in [0, 0.05) is 9.61 Å². The molecule has 2 rings (SSSR count). The Morgan fingerprint density at radius 2 is 2.00 bits per heavy atom. The second kappa shape index (κ2) is 5.80. The second-order valence-corrected chi connectivity index (χ2v) is 5.68. The molecule has 1 fully saturated rings. The molecule has 0 unspecified atom stereocenters. The van der Waals surface area contributed by atoms with Crippen molar-refractivity contribution in [1.29, 1.82) is 0 Å². The van der Waals surface area contributed by atoms with Crippen LogP contribution in [0.5, 0.6) is 0 Å². The highest BCUT2D eigenvalue weighted by Gasteiger charge is 2.18. The first kappa shape index (κ1) is 12.8. The zero-order chi connectivity index (χ0) is 12.3. The monoisotopic (exact) mass is 347 g/mol. The van der Waals surface area contributed by atoms with Crippen LogP contribution in [-0.2, 0) is 0 Å². The first-order valence-electron chi connectivity index (χ1n) is 5.93. The quantitative estimate of drug-likeness (QED) is 0.816. The van der Waals surface area contributed by atoms with Crippen LogP contribution in [0.1, 0.15) is 42.5 Å². The SMILES string of the molecule is O=C(NC1CCCCC1)c1cc(I)ccc1F. The largest absolute Gasteiger partial charge is 0.349 e. The van der Waals surface area contributed by atoms with Crippen LogP contribution in [-0.4, -0.2) is 11.9 Å². The highest BCUT2D eigenvalue weighted by Crippen LogP contribution is 2.19. The van der Waals surface area contributed by atoms with E-state index in [1.165, 1.54) is 12.5 Å². The number of carbonyl (C=O) groups excluding carboxylic acids is 1. The van der Waals surface area contributed by atoms with Gasteiger partial charge >= 0.3 is 0 Å². The average Bonchev–Trinajstić information content (AvgIpc) is 2.33. The third-order valence-electron chi connectivity index (χ3n) is 3.11. The van der Waals surface area contributed by atoms with E-state index in [0.29, 0.717) is 0 Å². The third kappa shape index (κ3) is 3.40. The van der Waals surface area contributed by atoms with Crippen molar-refractivity contribution in [2.24, 2.45) is 0 Å². The van der Waals surface area contributed by atoms with E-state index in [9.17, 15) is 9.18 Å². The summed E-state index contributed by atoms with van der Waals surface area (Å²) in [6, 6.07) is 4.81. The lowest BCUT2D eigenvalue weighted by Crippen LogP contribution is -2.36. The molecule has 1 amide bonds. The summed E-state index contributed by atoms with van der Waals surface area (Å²) >= 11 is 2.08. The Bertz CT molecular complexity index is 416. The average molecular weight is 347 g/mol. The second-order valence-electron chi connectivity index (χ2n) is 4.43. The number of carbonyl (C=O) groups is 1. The van der Waals surface area contributed by atoms with Crippen molar-refractivity contribution < 1.29 is 9.18 Å². The van der Waals surface area contributed by atoms with Crippen molar-refractivity contribution in [3.8, 4) is 0 Å². The van der Waals surface area contributed by atoms with Crippen molar-refractivity contribution in [2.45, 2.75) is 38.1 Å². The van der Waals surface area contributed by atoms with Crippen LogP contribution < -0.4 is 5.32 Å². The Labute approximate surface area is 114 Å². The lowest BCUT2D eigenvalue weighted by Gasteiger charge is -2.22. The smallest absolute Gasteiger partial charge is 0.254 e. The highest BCUT2D eigenvalue weighted by molar-refractivity contribution is 14.1. The summed E-state index contributed by atoms with van der Waals surface area (Å²) in [4.78, 5) is 11.9. The van der Waals surface area contributed by atoms with Gasteiger partial charge in [-0.2, -0.15) is 0 Å². The lowest BCUT2D eigenvalue weighted by atomic mass is 9.95. The van der Waals surface area contributed by atoms with Crippen molar-refractivity contribution in [2.75, 3.05) is 0 Å². The highest BCUT2D eigenvalue weighted by atomic mass is 127. The molecule has 0 saturated heterocycles. The van der Waals surface area contributed by atoms with Crippen LogP contribution in [0.3, 0.4) is 0 Å². The predicted octanol–water partition coefficient (Wildman–Crippen LogP) is 3.49. The molecule has 0 atom stereocenters. The van der Waals surface area contributed by atoms with Gasteiger partial charge in [-0.05, 0) is 53.6 Å². The maximum Gasteiger partial charge on any atom is 0.254 e. The molecule has 92 valence electrons. The van der Waals surface area contributed by atoms with Gasteiger partial charge in [0.1, 0.15) is 5.82 Å². The van der Waals surface area contributed by atoms with Gasteiger partial charge in [0.15, 0.2) is 0 Å². The Hall–Kier alpha value is -0.650. The fourth-order valence-corrected chi connectivity index (χ4v) is 2.67. The Morgan fingerprint density at radius 3 is 2.71 bits per heavy atom. The summed E-state index contributed by atoms with van der Waals surface area (Å²) in [7, 11) is 0. The summed E-state index contributed by atoms with van der Waals surface area (Å²) in [5.74, 6) is -0.730. The fourth-order valence-electron chi connectivity index (χ4n) is 2.18. The molecule has 0 radical (unpaired) electrons. The number of amides is 1. The molecule has 0 aliphatic heterocycles. The maximum atomic E-state index is 13.5. The first-order chi connectivity index (χ1) is 8.16. The summed E-state index contributed by atoms with van der Waals surface area (Å²) in [6.07, 6.45) is 5.57. The van der Waals surface area contributed by atoms with Gasteiger partial charge in [-0.25, -0.2) is 4.39 Å². The molecule has 2 nitrogen and oxygen atoms in total. The van der Waals surface area contributed by atoms with E-state index in [1.807, 2.05) is 0 Å². The van der Waals surface area contributed by atoms with Crippen LogP contribution in [0, 0.1) is 9.39 Å². The molecule has 17 heavy (non-hydrogen) atoms. The number of halogens is 2. The Balaban J connectivity index is 2.05. The molecule has 1 aliphatic carbocycles. The zero-order valence-corrected chi connectivity index (χ0v) is 11.7. The van der Waals surface area contributed by atoms with E-state index in [-0.39, 0.29) is 17.5 Å². The summed E-state index contributed by atoms with van der Waals surface area (Å²) in [6.45, 7) is 0. The summed E-state index contributed by atoms with van der Waals surface area (Å²) < 4.78 is 14.4. The van der Waals surface area contributed by atoms with Gasteiger partial charge in [-0.3, -0.25) is 4.79 Å². The van der Waals surface area contributed by atoms with Crippen LogP contribution in [0.2, 0.25) is 0 Å². The molecule has 1 N–H and O–H groups in total. The van der Waals surface area contributed by atoms with Crippen molar-refractivity contribution in [3.05, 3.63) is 33.1 Å². The number of rotatable bonds is 2. The molecule has 1 aromatic carbocycles. The molecule has 1 aromatic rings. The number of benzene rings is 1. The standard InChI is InChI=1S/C13H15FINO/c14-12-7-6-9(15)8-11(12)13(17)16-10-4-2-1-3-5-10/h6-8,10H,1-5H2,(H,16,17). The van der Waals surface area contributed by atoms with Gasteiger partial charge in [-0.15, -0.1) is 0 Å². The predicted molar refractivity (Wildman–Crippen MR) is 73.5 cm³/mol. The van der Waals surface area contributed by atoms with Crippen molar-refractivity contribution in [3.63, 3.8) is 0 Å². The van der Waals surface area contributed by atoms with E-state index in [0.717, 1.165) is 29.3 Å². The summed E-state index contributed by atoms with van der Waals surface area (Å²) in [5, 5.41) is 2.92.